The third kappa shape index (κ3) is 2.99. The minimum Gasteiger partial charge on any atom is -0.494 e. The molecular formula is C19H20N2O2S. The van der Waals surface area contributed by atoms with Crippen molar-refractivity contribution in [2.75, 3.05) is 12.9 Å². The number of aliphatic imine (C=N–C) groups is 1. The quantitative estimate of drug-likeness (QED) is 0.831. The van der Waals surface area contributed by atoms with Crippen molar-refractivity contribution in [1.82, 2.24) is 0 Å². The van der Waals surface area contributed by atoms with E-state index >= 15 is 0 Å². The number of Topliss-reactive ketones (excluding diaryl/α,β-unsaturated/α-hetero) is 1. The number of benzene rings is 1. The van der Waals surface area contributed by atoms with E-state index in [-0.39, 0.29) is 11.7 Å². The Kier molecular flexibility index (Phi) is 5.06. The molecule has 2 atom stereocenters. The van der Waals surface area contributed by atoms with Gasteiger partial charge in [-0.05, 0) is 43.7 Å². The van der Waals surface area contributed by atoms with E-state index in [1.165, 1.54) is 11.8 Å². The highest BCUT2D eigenvalue weighted by atomic mass is 32.2. The monoisotopic (exact) mass is 340 g/mol. The number of hydrogen-bond acceptors (Lipinski definition) is 5. The average Bonchev–Trinajstić information content (AvgIpc) is 2.61. The number of ether oxygens (including phenoxy) is 1. The number of rotatable bonds is 3. The van der Waals surface area contributed by atoms with Gasteiger partial charge >= 0.3 is 0 Å². The Hall–Kier alpha value is -2.06. The van der Waals surface area contributed by atoms with Gasteiger partial charge in [0.2, 0.25) is 0 Å². The zero-order valence-corrected chi connectivity index (χ0v) is 14.7. The molecule has 1 aliphatic carbocycles. The summed E-state index contributed by atoms with van der Waals surface area (Å²) >= 11 is 1.50. The first-order chi connectivity index (χ1) is 11.7. The summed E-state index contributed by atoms with van der Waals surface area (Å²) in [6, 6.07) is 10.1. The van der Waals surface area contributed by atoms with Crippen molar-refractivity contribution in [2.24, 2.45) is 10.9 Å². The van der Waals surface area contributed by atoms with Crippen molar-refractivity contribution in [3.8, 4) is 11.8 Å². The maximum Gasteiger partial charge on any atom is 0.161 e. The number of carbonyl (C=O) groups is 1. The first kappa shape index (κ1) is 16.8. The topological polar surface area (TPSA) is 62.4 Å². The molecule has 0 saturated heterocycles. The zero-order chi connectivity index (χ0) is 17.1. The summed E-state index contributed by atoms with van der Waals surface area (Å²) in [7, 11) is 0. The Labute approximate surface area is 146 Å². The second kappa shape index (κ2) is 7.23. The van der Waals surface area contributed by atoms with Crippen LogP contribution in [0.15, 0.2) is 40.5 Å². The molecule has 124 valence electrons. The molecule has 1 heterocycles. The van der Waals surface area contributed by atoms with Gasteiger partial charge in [0.1, 0.15) is 11.7 Å². The smallest absolute Gasteiger partial charge is 0.161 e. The van der Waals surface area contributed by atoms with E-state index in [1.807, 2.05) is 37.4 Å². The molecule has 1 unspecified atom stereocenters. The normalized spacial score (nSPS) is 23.4. The summed E-state index contributed by atoms with van der Waals surface area (Å²) in [6.07, 6.45) is 4.15. The third-order valence-corrected chi connectivity index (χ3v) is 5.25. The summed E-state index contributed by atoms with van der Waals surface area (Å²) in [5.74, 6) is 0.306. The Bertz CT molecular complexity index is 744. The van der Waals surface area contributed by atoms with Crippen molar-refractivity contribution in [3.05, 3.63) is 41.1 Å². The molecule has 2 aliphatic rings. The molecule has 1 aliphatic heterocycles. The highest BCUT2D eigenvalue weighted by molar-refractivity contribution is 8.13. The number of nitrogens with zero attached hydrogens (tertiary/aromatic N) is 2. The molecule has 0 aromatic heterocycles. The van der Waals surface area contributed by atoms with Crippen LogP contribution in [0.25, 0.3) is 0 Å². The summed E-state index contributed by atoms with van der Waals surface area (Å²) in [6.45, 7) is 2.56. The minimum atomic E-state index is -0.404. The number of allylic oxidation sites excluding steroid dienone is 2. The minimum absolute atomic E-state index is 0.138. The van der Waals surface area contributed by atoms with Gasteiger partial charge in [0.15, 0.2) is 5.78 Å². The van der Waals surface area contributed by atoms with Gasteiger partial charge in [-0.3, -0.25) is 4.79 Å². The Morgan fingerprint density at radius 1 is 1.33 bits per heavy atom. The molecule has 24 heavy (non-hydrogen) atoms. The van der Waals surface area contributed by atoms with E-state index in [9.17, 15) is 10.1 Å². The zero-order valence-electron chi connectivity index (χ0n) is 13.9. The van der Waals surface area contributed by atoms with Crippen LogP contribution in [0.5, 0.6) is 5.75 Å². The number of thioether (sulfide) groups is 1. The Morgan fingerprint density at radius 3 is 2.71 bits per heavy atom. The van der Waals surface area contributed by atoms with Gasteiger partial charge in [-0.1, -0.05) is 12.1 Å². The lowest BCUT2D eigenvalue weighted by molar-refractivity contribution is -0.116. The molecule has 0 spiro atoms. The van der Waals surface area contributed by atoms with Crippen LogP contribution in [0, 0.1) is 17.2 Å². The van der Waals surface area contributed by atoms with E-state index < -0.39 is 5.92 Å². The summed E-state index contributed by atoms with van der Waals surface area (Å²) in [5.41, 5.74) is 2.60. The Morgan fingerprint density at radius 2 is 2.08 bits per heavy atom. The SMILES string of the molecule is CCOc1ccc([C@@H]2C3=C(CCCC3=O)N=C(SC)C2C#N)cc1. The van der Waals surface area contributed by atoms with Gasteiger partial charge in [0.25, 0.3) is 0 Å². The molecule has 0 radical (unpaired) electrons. The van der Waals surface area contributed by atoms with Crippen molar-refractivity contribution in [3.63, 3.8) is 0 Å². The van der Waals surface area contributed by atoms with Gasteiger partial charge in [-0.15, -0.1) is 11.8 Å². The van der Waals surface area contributed by atoms with Crippen molar-refractivity contribution in [1.29, 1.82) is 5.26 Å². The second-order valence-electron chi connectivity index (χ2n) is 5.88. The molecule has 1 aromatic carbocycles. The number of nitriles is 1. The molecule has 0 amide bonds. The number of carbonyl (C=O) groups excluding carboxylic acids is 1. The third-order valence-electron chi connectivity index (χ3n) is 4.48. The maximum atomic E-state index is 12.6. The predicted octanol–water partition coefficient (Wildman–Crippen LogP) is 4.09. The van der Waals surface area contributed by atoms with Crippen molar-refractivity contribution >= 4 is 22.6 Å². The van der Waals surface area contributed by atoms with E-state index in [0.717, 1.165) is 40.5 Å². The molecule has 4 nitrogen and oxygen atoms in total. The maximum absolute atomic E-state index is 12.6. The van der Waals surface area contributed by atoms with E-state index in [1.54, 1.807) is 0 Å². The average molecular weight is 340 g/mol. The lowest BCUT2D eigenvalue weighted by Gasteiger charge is -2.32. The van der Waals surface area contributed by atoms with Gasteiger partial charge in [0.05, 0.1) is 17.7 Å². The largest absolute Gasteiger partial charge is 0.494 e. The molecule has 0 fully saturated rings. The molecule has 5 heteroatoms. The van der Waals surface area contributed by atoms with Crippen LogP contribution >= 0.6 is 11.8 Å². The fraction of sp³-hybridized carbons (Fsp3) is 0.421. The van der Waals surface area contributed by atoms with Crippen molar-refractivity contribution in [2.45, 2.75) is 32.1 Å². The van der Waals surface area contributed by atoms with Crippen molar-refractivity contribution < 1.29 is 9.53 Å². The highest BCUT2D eigenvalue weighted by Gasteiger charge is 2.40. The van der Waals surface area contributed by atoms with Crippen LogP contribution in [0.1, 0.15) is 37.7 Å². The fourth-order valence-electron chi connectivity index (χ4n) is 3.43. The lowest BCUT2D eigenvalue weighted by atomic mass is 9.74. The predicted molar refractivity (Wildman–Crippen MR) is 96.3 cm³/mol. The second-order valence-corrected chi connectivity index (χ2v) is 6.70. The molecular weight excluding hydrogens is 320 g/mol. The van der Waals surface area contributed by atoms with E-state index in [4.69, 9.17) is 4.74 Å². The highest BCUT2D eigenvalue weighted by Crippen LogP contribution is 2.44. The Balaban J connectivity index is 2.08. The first-order valence-corrected chi connectivity index (χ1v) is 9.43. The number of ketones is 1. The van der Waals surface area contributed by atoms with E-state index in [0.29, 0.717) is 13.0 Å². The molecule has 0 bridgehead atoms. The molecule has 1 aromatic rings. The summed E-state index contributed by atoms with van der Waals surface area (Å²) in [5, 5.41) is 10.5. The van der Waals surface area contributed by atoms with Crippen LogP contribution in [0.3, 0.4) is 0 Å². The number of hydrogen-bond donors (Lipinski definition) is 0. The fourth-order valence-corrected chi connectivity index (χ4v) is 4.07. The molecule has 0 N–H and O–H groups in total. The molecule has 3 rings (SSSR count). The van der Waals surface area contributed by atoms with Crippen LogP contribution < -0.4 is 4.74 Å². The van der Waals surface area contributed by atoms with Crippen LogP contribution in [0.4, 0.5) is 0 Å². The summed E-state index contributed by atoms with van der Waals surface area (Å²) in [4.78, 5) is 17.2. The van der Waals surface area contributed by atoms with Gasteiger partial charge < -0.3 is 4.74 Å². The van der Waals surface area contributed by atoms with Gasteiger partial charge in [-0.2, -0.15) is 5.26 Å². The molecule has 0 saturated carbocycles. The van der Waals surface area contributed by atoms with E-state index in [2.05, 4.69) is 11.1 Å². The van der Waals surface area contributed by atoms with Gasteiger partial charge in [-0.25, -0.2) is 4.99 Å². The van der Waals surface area contributed by atoms with Crippen LogP contribution in [-0.4, -0.2) is 23.7 Å². The standard InChI is InChI=1S/C19H20N2O2S/c1-3-23-13-9-7-12(8-10-13)17-14(11-20)19(24-2)21-15-5-4-6-16(22)18(15)17/h7-10,14,17H,3-6H2,1-2H3/t14?,17-/m0/s1. The van der Waals surface area contributed by atoms with Crippen LogP contribution in [-0.2, 0) is 4.79 Å². The first-order valence-electron chi connectivity index (χ1n) is 8.20. The lowest BCUT2D eigenvalue weighted by Crippen LogP contribution is -2.30. The summed E-state index contributed by atoms with van der Waals surface area (Å²) < 4.78 is 5.50. The van der Waals surface area contributed by atoms with Gasteiger partial charge in [0, 0.05) is 23.6 Å². The van der Waals surface area contributed by atoms with Crippen LogP contribution in [0.2, 0.25) is 0 Å².